The molecule has 0 spiro atoms. The predicted octanol–water partition coefficient (Wildman–Crippen LogP) is 1.03. The van der Waals surface area contributed by atoms with Gasteiger partial charge in [-0.3, -0.25) is 4.79 Å². The lowest BCUT2D eigenvalue weighted by molar-refractivity contribution is -0.123. The number of urea groups is 1. The maximum Gasteiger partial charge on any atom is 0.405 e. The van der Waals surface area contributed by atoms with Crippen LogP contribution in [0.5, 0.6) is 0 Å². The highest BCUT2D eigenvalue weighted by molar-refractivity contribution is 7.82. The number of hydrogen-bond donors (Lipinski definition) is 3. The third kappa shape index (κ3) is 4.50. The molecule has 0 aliphatic heterocycles. The number of hydrogen-bond acceptors (Lipinski definition) is 5. The first-order valence-corrected chi connectivity index (χ1v) is 7.12. The number of carbonyl (C=O) groups excluding carboxylic acids is 2. The van der Waals surface area contributed by atoms with Gasteiger partial charge in [0.2, 0.25) is 5.91 Å². The lowest BCUT2D eigenvalue weighted by Crippen LogP contribution is -2.40. The molecule has 12 heteroatoms. The molecule has 1 fully saturated rings. The highest BCUT2D eigenvalue weighted by atomic mass is 32.1. The normalized spacial score (nSPS) is 21.2. The predicted molar refractivity (Wildman–Crippen MR) is 76.5 cm³/mol. The number of alkyl halides is 3. The summed E-state index contributed by atoms with van der Waals surface area (Å²) in [4.78, 5) is 24.0. The van der Waals surface area contributed by atoms with E-state index in [4.69, 9.17) is 5.73 Å². The van der Waals surface area contributed by atoms with Crippen molar-refractivity contribution in [2.24, 2.45) is 11.7 Å². The van der Waals surface area contributed by atoms with Gasteiger partial charge < -0.3 is 11.1 Å². The molecule has 1 saturated carbocycles. The average Bonchev–Trinajstić information content (AvgIpc) is 3.11. The van der Waals surface area contributed by atoms with Crippen molar-refractivity contribution >= 4 is 30.6 Å². The van der Waals surface area contributed by atoms with E-state index in [2.05, 4.69) is 23.0 Å². The second kappa shape index (κ2) is 6.64. The number of aromatic nitrogens is 3. The maximum atomic E-state index is 12.1. The molecule has 128 valence electrons. The van der Waals surface area contributed by atoms with Crippen LogP contribution >= 0.6 is 12.8 Å². The van der Waals surface area contributed by atoms with E-state index in [1.807, 2.05) is 0 Å². The van der Waals surface area contributed by atoms with Crippen LogP contribution in [0.1, 0.15) is 25.3 Å². The highest BCUT2D eigenvalue weighted by Crippen LogP contribution is 2.33. The first-order valence-electron chi connectivity index (χ1n) is 6.72. The fourth-order valence-electron chi connectivity index (χ4n) is 2.32. The molecule has 0 radical (unpaired) electrons. The molecule has 0 bridgehead atoms. The summed E-state index contributed by atoms with van der Waals surface area (Å²) < 4.78 is 36.8. The molecule has 0 saturated heterocycles. The van der Waals surface area contributed by atoms with Crippen LogP contribution in [0.15, 0.2) is 6.20 Å². The van der Waals surface area contributed by atoms with E-state index in [9.17, 15) is 22.8 Å². The zero-order chi connectivity index (χ0) is 17.2. The molecule has 23 heavy (non-hydrogen) atoms. The Labute approximate surface area is 134 Å². The Bertz CT molecular complexity index is 593. The Kier molecular flexibility index (Phi) is 5.02. The fourth-order valence-corrected chi connectivity index (χ4v) is 2.48. The molecule has 1 aromatic rings. The van der Waals surface area contributed by atoms with Crippen LogP contribution in [-0.4, -0.2) is 39.7 Å². The van der Waals surface area contributed by atoms with E-state index < -0.39 is 18.8 Å². The smallest absolute Gasteiger partial charge is 0.369 e. The lowest BCUT2D eigenvalue weighted by Gasteiger charge is -2.14. The molecule has 8 nitrogen and oxygen atoms in total. The minimum Gasteiger partial charge on any atom is -0.369 e. The summed E-state index contributed by atoms with van der Waals surface area (Å²) in [5.41, 5.74) is 5.25. The van der Waals surface area contributed by atoms with Crippen molar-refractivity contribution in [3.63, 3.8) is 0 Å². The van der Waals surface area contributed by atoms with Gasteiger partial charge in [-0.1, -0.05) is 12.8 Å². The second-order valence-electron chi connectivity index (χ2n) is 5.18. The standard InChI is InChI=1S/C11H15F3N6O2S/c12-11(13,14)5-16-10(22)19(23)8-4-17-20(18-8)7-2-1-6(3-7)9(15)21/h4,6-7,23H,1-3,5H2,(H2,15,21)(H,16,22). The van der Waals surface area contributed by atoms with Gasteiger partial charge in [-0.15, -0.1) is 5.10 Å². The molecule has 3 amide bonds. The number of rotatable bonds is 4. The molecule has 2 unspecified atom stereocenters. The molecule has 2 rings (SSSR count). The molecule has 3 N–H and O–H groups in total. The van der Waals surface area contributed by atoms with Gasteiger partial charge >= 0.3 is 12.2 Å². The Hall–Kier alpha value is -1.98. The molecular weight excluding hydrogens is 337 g/mol. The lowest BCUT2D eigenvalue weighted by atomic mass is 10.1. The molecular formula is C11H15F3N6O2S. The molecule has 2 atom stereocenters. The molecule has 1 aromatic heterocycles. The Morgan fingerprint density at radius 1 is 1.48 bits per heavy atom. The van der Waals surface area contributed by atoms with E-state index in [-0.39, 0.29) is 23.7 Å². The zero-order valence-electron chi connectivity index (χ0n) is 11.8. The van der Waals surface area contributed by atoms with E-state index in [1.54, 1.807) is 5.32 Å². The number of nitrogens with zero attached hydrogens (tertiary/aromatic N) is 4. The number of anilines is 1. The maximum absolute atomic E-state index is 12.1. The fraction of sp³-hybridized carbons (Fsp3) is 0.636. The summed E-state index contributed by atoms with van der Waals surface area (Å²) in [7, 11) is 0. The minimum atomic E-state index is -4.52. The van der Waals surface area contributed by atoms with Crippen molar-refractivity contribution in [1.29, 1.82) is 0 Å². The van der Waals surface area contributed by atoms with Crippen molar-refractivity contribution in [3.8, 4) is 0 Å². The van der Waals surface area contributed by atoms with Crippen molar-refractivity contribution in [2.45, 2.75) is 31.5 Å². The molecule has 1 aliphatic rings. The molecule has 1 heterocycles. The van der Waals surface area contributed by atoms with Crippen molar-refractivity contribution in [1.82, 2.24) is 20.3 Å². The van der Waals surface area contributed by atoms with Gasteiger partial charge in [0.1, 0.15) is 6.54 Å². The molecule has 0 aromatic carbocycles. The van der Waals surface area contributed by atoms with Crippen LogP contribution in [0.25, 0.3) is 0 Å². The monoisotopic (exact) mass is 352 g/mol. The van der Waals surface area contributed by atoms with Gasteiger partial charge in [0.15, 0.2) is 5.82 Å². The van der Waals surface area contributed by atoms with Crippen molar-refractivity contribution < 1.29 is 22.8 Å². The Morgan fingerprint density at radius 3 is 2.74 bits per heavy atom. The van der Waals surface area contributed by atoms with Crippen LogP contribution in [-0.2, 0) is 4.79 Å². The van der Waals surface area contributed by atoms with Gasteiger partial charge in [0.25, 0.3) is 0 Å². The second-order valence-corrected chi connectivity index (χ2v) is 5.58. The summed E-state index contributed by atoms with van der Waals surface area (Å²) in [5, 5.41) is 9.65. The van der Waals surface area contributed by atoms with Gasteiger partial charge in [0.05, 0.1) is 12.2 Å². The van der Waals surface area contributed by atoms with Crippen LogP contribution in [0, 0.1) is 5.92 Å². The van der Waals surface area contributed by atoms with E-state index in [0.717, 1.165) is 0 Å². The van der Waals surface area contributed by atoms with Crippen LogP contribution in [0.4, 0.5) is 23.8 Å². The highest BCUT2D eigenvalue weighted by Gasteiger charge is 2.32. The SMILES string of the molecule is NC(=O)C1CCC(n2ncc(N(S)C(=O)NCC(F)(F)F)n2)C1. The first-order chi connectivity index (χ1) is 10.7. The van der Waals surface area contributed by atoms with Crippen LogP contribution in [0.3, 0.4) is 0 Å². The zero-order valence-corrected chi connectivity index (χ0v) is 12.7. The number of thiol groups is 1. The van der Waals surface area contributed by atoms with Crippen LogP contribution in [0.2, 0.25) is 0 Å². The quantitative estimate of drug-likeness (QED) is 0.704. The summed E-state index contributed by atoms with van der Waals surface area (Å²) in [5.74, 6) is -0.658. The topological polar surface area (TPSA) is 106 Å². The third-order valence-electron chi connectivity index (χ3n) is 3.48. The molecule has 1 aliphatic carbocycles. The Morgan fingerprint density at radius 2 is 2.17 bits per heavy atom. The van der Waals surface area contributed by atoms with Gasteiger partial charge in [0, 0.05) is 5.92 Å². The number of primary amides is 1. The van der Waals surface area contributed by atoms with E-state index in [0.29, 0.717) is 23.6 Å². The summed E-state index contributed by atoms with van der Waals surface area (Å²) >= 11 is 3.81. The average molecular weight is 352 g/mol. The van der Waals surface area contributed by atoms with Gasteiger partial charge in [-0.25, -0.2) is 9.10 Å². The summed E-state index contributed by atoms with van der Waals surface area (Å²) in [6.45, 7) is -1.47. The number of halogens is 3. The summed E-state index contributed by atoms with van der Waals surface area (Å²) in [6.07, 6.45) is -1.56. The minimum absolute atomic E-state index is 0.0180. The number of nitrogens with one attached hydrogen (secondary N) is 1. The Balaban J connectivity index is 1.96. The van der Waals surface area contributed by atoms with E-state index in [1.165, 1.54) is 11.0 Å². The first kappa shape index (κ1) is 17.4. The third-order valence-corrected chi connectivity index (χ3v) is 3.87. The van der Waals surface area contributed by atoms with Crippen LogP contribution < -0.4 is 15.4 Å². The van der Waals surface area contributed by atoms with Gasteiger partial charge in [-0.2, -0.15) is 23.1 Å². The van der Waals surface area contributed by atoms with Crippen molar-refractivity contribution in [3.05, 3.63) is 6.20 Å². The van der Waals surface area contributed by atoms with Gasteiger partial charge in [-0.05, 0) is 19.3 Å². The summed E-state index contributed by atoms with van der Waals surface area (Å²) in [6, 6.07) is -1.22. The largest absolute Gasteiger partial charge is 0.405 e. The number of nitrogens with two attached hydrogens (primary N) is 1. The number of amides is 3. The van der Waals surface area contributed by atoms with E-state index >= 15 is 0 Å². The van der Waals surface area contributed by atoms with Crippen molar-refractivity contribution in [2.75, 3.05) is 10.8 Å². The number of carbonyl (C=O) groups is 2.